The van der Waals surface area contributed by atoms with E-state index in [9.17, 15) is 0 Å². The fourth-order valence-electron chi connectivity index (χ4n) is 2.79. The highest BCUT2D eigenvalue weighted by Crippen LogP contribution is 2.25. The van der Waals surface area contributed by atoms with E-state index in [2.05, 4.69) is 51.8 Å². The van der Waals surface area contributed by atoms with Crippen LogP contribution in [0.25, 0.3) is 0 Å². The van der Waals surface area contributed by atoms with Gasteiger partial charge in [0, 0.05) is 23.3 Å². The van der Waals surface area contributed by atoms with Crippen LogP contribution >= 0.6 is 15.9 Å². The maximum Gasteiger partial charge on any atom is 0.0544 e. The van der Waals surface area contributed by atoms with E-state index in [1.807, 2.05) is 6.20 Å². The van der Waals surface area contributed by atoms with Gasteiger partial charge < -0.3 is 0 Å². The molecule has 1 aliphatic rings. The number of aromatic nitrogens is 1. The molecule has 1 aromatic heterocycles. The molecule has 0 amide bonds. The topological polar surface area (TPSA) is 16.1 Å². The predicted octanol–water partition coefficient (Wildman–Crippen LogP) is 4.63. The van der Waals surface area contributed by atoms with Crippen LogP contribution in [0.3, 0.4) is 0 Å². The highest BCUT2D eigenvalue weighted by molar-refractivity contribution is 9.10. The van der Waals surface area contributed by atoms with Crippen LogP contribution in [-0.2, 0) is 6.54 Å². The summed E-state index contributed by atoms with van der Waals surface area (Å²) in [6, 6.07) is 5.02. The lowest BCUT2D eigenvalue weighted by Gasteiger charge is -2.29. The Morgan fingerprint density at radius 3 is 2.63 bits per heavy atom. The highest BCUT2D eigenvalue weighted by Gasteiger charge is 2.22. The van der Waals surface area contributed by atoms with Crippen LogP contribution in [0.15, 0.2) is 22.8 Å². The normalized spacial score (nSPS) is 16.7. The van der Waals surface area contributed by atoms with Gasteiger partial charge in [-0.25, -0.2) is 0 Å². The molecule has 1 heterocycles. The molecule has 0 unspecified atom stereocenters. The zero-order valence-electron chi connectivity index (χ0n) is 12.1. The molecule has 1 saturated carbocycles. The van der Waals surface area contributed by atoms with Crippen molar-refractivity contribution < 1.29 is 0 Å². The third-order valence-corrected chi connectivity index (χ3v) is 4.46. The van der Waals surface area contributed by atoms with Crippen LogP contribution in [0.5, 0.6) is 0 Å². The fourth-order valence-corrected chi connectivity index (χ4v) is 3.03. The van der Waals surface area contributed by atoms with Crippen molar-refractivity contribution in [3.05, 3.63) is 28.5 Å². The van der Waals surface area contributed by atoms with E-state index in [1.165, 1.54) is 44.3 Å². The van der Waals surface area contributed by atoms with Crippen molar-refractivity contribution >= 4 is 15.9 Å². The van der Waals surface area contributed by atoms with Gasteiger partial charge in [-0.1, -0.05) is 26.7 Å². The number of rotatable bonds is 6. The van der Waals surface area contributed by atoms with Gasteiger partial charge in [-0.15, -0.1) is 0 Å². The van der Waals surface area contributed by atoms with Gasteiger partial charge in [-0.05, 0) is 59.8 Å². The number of halogens is 1. The van der Waals surface area contributed by atoms with Gasteiger partial charge >= 0.3 is 0 Å². The Morgan fingerprint density at radius 2 is 2.05 bits per heavy atom. The summed E-state index contributed by atoms with van der Waals surface area (Å²) in [6.45, 7) is 6.83. The minimum absolute atomic E-state index is 0.779. The SMILES string of the molecule is CC(C)CCN(Cc1ccc(Br)cn1)C1CCCC1. The minimum atomic E-state index is 0.779. The first-order chi connectivity index (χ1) is 9.15. The highest BCUT2D eigenvalue weighted by atomic mass is 79.9. The maximum absolute atomic E-state index is 4.53. The number of pyridine rings is 1. The van der Waals surface area contributed by atoms with Gasteiger partial charge in [0.2, 0.25) is 0 Å². The second-order valence-electron chi connectivity index (χ2n) is 6.06. The molecule has 0 atom stereocenters. The largest absolute Gasteiger partial charge is 0.295 e. The number of hydrogen-bond donors (Lipinski definition) is 0. The van der Waals surface area contributed by atoms with Crippen LogP contribution in [0.1, 0.15) is 51.6 Å². The lowest BCUT2D eigenvalue weighted by atomic mass is 10.1. The van der Waals surface area contributed by atoms with Gasteiger partial charge in [-0.2, -0.15) is 0 Å². The molecular formula is C16H25BrN2. The van der Waals surface area contributed by atoms with Crippen molar-refractivity contribution in [2.75, 3.05) is 6.54 Å². The van der Waals surface area contributed by atoms with Crippen molar-refractivity contribution in [2.45, 2.75) is 58.5 Å². The first-order valence-electron chi connectivity index (χ1n) is 7.49. The Morgan fingerprint density at radius 1 is 1.32 bits per heavy atom. The smallest absolute Gasteiger partial charge is 0.0544 e. The first-order valence-corrected chi connectivity index (χ1v) is 8.29. The van der Waals surface area contributed by atoms with Crippen LogP contribution in [0.4, 0.5) is 0 Å². The van der Waals surface area contributed by atoms with E-state index >= 15 is 0 Å². The molecule has 106 valence electrons. The maximum atomic E-state index is 4.53. The third-order valence-electron chi connectivity index (χ3n) is 3.99. The molecular weight excluding hydrogens is 300 g/mol. The summed E-state index contributed by atoms with van der Waals surface area (Å²) >= 11 is 3.45. The Kier molecular flexibility index (Phi) is 5.83. The van der Waals surface area contributed by atoms with Crippen molar-refractivity contribution in [3.63, 3.8) is 0 Å². The van der Waals surface area contributed by atoms with E-state index < -0.39 is 0 Å². The quantitative estimate of drug-likeness (QED) is 0.758. The first kappa shape index (κ1) is 15.0. The van der Waals surface area contributed by atoms with Crippen molar-refractivity contribution in [2.24, 2.45) is 5.92 Å². The molecule has 0 radical (unpaired) electrons. The van der Waals surface area contributed by atoms with E-state index in [0.717, 1.165) is 23.0 Å². The second-order valence-corrected chi connectivity index (χ2v) is 6.97. The summed E-state index contributed by atoms with van der Waals surface area (Å²) in [5.74, 6) is 0.779. The molecule has 1 fully saturated rings. The zero-order chi connectivity index (χ0) is 13.7. The van der Waals surface area contributed by atoms with E-state index in [4.69, 9.17) is 0 Å². The van der Waals surface area contributed by atoms with Crippen LogP contribution in [0.2, 0.25) is 0 Å². The van der Waals surface area contributed by atoms with E-state index in [-0.39, 0.29) is 0 Å². The molecule has 1 aliphatic carbocycles. The predicted molar refractivity (Wildman–Crippen MR) is 84.1 cm³/mol. The van der Waals surface area contributed by atoms with Crippen LogP contribution in [-0.4, -0.2) is 22.5 Å². The van der Waals surface area contributed by atoms with Gasteiger partial charge in [0.15, 0.2) is 0 Å². The summed E-state index contributed by atoms with van der Waals surface area (Å²) in [5.41, 5.74) is 1.19. The molecule has 0 aromatic carbocycles. The average molecular weight is 325 g/mol. The Hall–Kier alpha value is -0.410. The lowest BCUT2D eigenvalue weighted by molar-refractivity contribution is 0.177. The Balaban J connectivity index is 1.97. The number of hydrogen-bond acceptors (Lipinski definition) is 2. The molecule has 2 nitrogen and oxygen atoms in total. The molecule has 0 aliphatic heterocycles. The molecule has 2 rings (SSSR count). The summed E-state index contributed by atoms with van der Waals surface area (Å²) in [4.78, 5) is 7.18. The standard InChI is InChI=1S/C16H25BrN2/c1-13(2)9-10-19(16-5-3-4-6-16)12-15-8-7-14(17)11-18-15/h7-8,11,13,16H,3-6,9-10,12H2,1-2H3. The number of nitrogens with zero attached hydrogens (tertiary/aromatic N) is 2. The van der Waals surface area contributed by atoms with E-state index in [0.29, 0.717) is 0 Å². The molecule has 0 spiro atoms. The van der Waals surface area contributed by atoms with Gasteiger partial charge in [0.05, 0.1) is 5.69 Å². The molecule has 19 heavy (non-hydrogen) atoms. The van der Waals surface area contributed by atoms with Crippen molar-refractivity contribution in [1.29, 1.82) is 0 Å². The lowest BCUT2D eigenvalue weighted by Crippen LogP contribution is -2.34. The fraction of sp³-hybridized carbons (Fsp3) is 0.688. The minimum Gasteiger partial charge on any atom is -0.295 e. The molecule has 1 aromatic rings. The Labute approximate surface area is 125 Å². The van der Waals surface area contributed by atoms with Crippen LogP contribution in [0, 0.1) is 5.92 Å². The van der Waals surface area contributed by atoms with Gasteiger partial charge in [-0.3, -0.25) is 9.88 Å². The summed E-state index contributed by atoms with van der Waals surface area (Å²) in [5, 5.41) is 0. The average Bonchev–Trinajstić information content (AvgIpc) is 2.90. The van der Waals surface area contributed by atoms with E-state index in [1.54, 1.807) is 0 Å². The summed E-state index contributed by atoms with van der Waals surface area (Å²) in [6.07, 6.45) is 8.73. The van der Waals surface area contributed by atoms with Crippen LogP contribution < -0.4 is 0 Å². The summed E-state index contributed by atoms with van der Waals surface area (Å²) in [7, 11) is 0. The monoisotopic (exact) mass is 324 g/mol. The Bertz CT molecular complexity index is 369. The molecule has 0 bridgehead atoms. The molecule has 3 heteroatoms. The summed E-state index contributed by atoms with van der Waals surface area (Å²) < 4.78 is 1.06. The van der Waals surface area contributed by atoms with Gasteiger partial charge in [0.1, 0.15) is 0 Å². The van der Waals surface area contributed by atoms with Crippen molar-refractivity contribution in [1.82, 2.24) is 9.88 Å². The van der Waals surface area contributed by atoms with Gasteiger partial charge in [0.25, 0.3) is 0 Å². The van der Waals surface area contributed by atoms with Crippen molar-refractivity contribution in [3.8, 4) is 0 Å². The molecule has 0 N–H and O–H groups in total. The third kappa shape index (κ3) is 4.88. The second kappa shape index (κ2) is 7.39. The molecule has 0 saturated heterocycles. The zero-order valence-corrected chi connectivity index (χ0v) is 13.7.